The van der Waals surface area contributed by atoms with Gasteiger partial charge in [0.2, 0.25) is 5.88 Å². The van der Waals surface area contributed by atoms with Gasteiger partial charge in [-0.3, -0.25) is 4.68 Å². The van der Waals surface area contributed by atoms with E-state index < -0.39 is 0 Å². The second kappa shape index (κ2) is 5.71. The van der Waals surface area contributed by atoms with Crippen LogP contribution in [0.25, 0.3) is 0 Å². The molecule has 0 saturated carbocycles. The van der Waals surface area contributed by atoms with Gasteiger partial charge >= 0.3 is 0 Å². The first kappa shape index (κ1) is 13.4. The van der Waals surface area contributed by atoms with Gasteiger partial charge in [-0.2, -0.15) is 5.10 Å². The minimum atomic E-state index is 0.299. The molecule has 0 saturated heterocycles. The summed E-state index contributed by atoms with van der Waals surface area (Å²) in [6.07, 6.45) is 5.19. The molecule has 0 amide bonds. The number of nitrogens with zero attached hydrogens (tertiary/aromatic N) is 3. The largest absolute Gasteiger partial charge is 0.435 e. The molecule has 0 aliphatic carbocycles. The van der Waals surface area contributed by atoms with Crippen LogP contribution in [-0.4, -0.2) is 14.8 Å². The normalized spacial score (nSPS) is 10.9. The van der Waals surface area contributed by atoms with Crippen LogP contribution in [0.5, 0.6) is 11.6 Å². The van der Waals surface area contributed by atoms with Crippen molar-refractivity contribution in [1.82, 2.24) is 14.8 Å². The van der Waals surface area contributed by atoms with Crippen molar-refractivity contribution in [1.29, 1.82) is 0 Å². The number of rotatable bonds is 4. The van der Waals surface area contributed by atoms with Crippen LogP contribution in [0, 0.1) is 0 Å². The lowest BCUT2D eigenvalue weighted by atomic mass is 10.3. The molecule has 2 aromatic heterocycles. The summed E-state index contributed by atoms with van der Waals surface area (Å²) in [7, 11) is 0. The minimum Gasteiger partial charge on any atom is -0.435 e. The van der Waals surface area contributed by atoms with Gasteiger partial charge < -0.3 is 4.74 Å². The highest BCUT2D eigenvalue weighted by Gasteiger charge is 2.09. The number of hydrogen-bond acceptors (Lipinski definition) is 3. The van der Waals surface area contributed by atoms with Gasteiger partial charge in [0.25, 0.3) is 0 Å². The lowest BCUT2D eigenvalue weighted by Gasteiger charge is -2.07. The third kappa shape index (κ3) is 3.03. The summed E-state index contributed by atoms with van der Waals surface area (Å²) in [6, 6.07) is 2.19. The topological polar surface area (TPSA) is 39.9 Å². The Morgan fingerprint density at radius 1 is 1.44 bits per heavy atom. The molecule has 0 unspecified atom stereocenters. The number of ether oxygens (including phenoxy) is 1. The Hall–Kier alpha value is -1.07. The smallest absolute Gasteiger partial charge is 0.223 e. The van der Waals surface area contributed by atoms with Crippen molar-refractivity contribution in [2.24, 2.45) is 0 Å². The number of hydrogen-bond donors (Lipinski definition) is 0. The van der Waals surface area contributed by atoms with Crippen molar-refractivity contribution < 1.29 is 4.74 Å². The summed E-state index contributed by atoms with van der Waals surface area (Å²) in [6.45, 7) is 4.11. The molecule has 18 heavy (non-hydrogen) atoms. The predicted molar refractivity (Wildman–Crippen MR) is 74.2 cm³/mol. The molecule has 0 bridgehead atoms. The fourth-order valence-electron chi connectivity index (χ4n) is 1.42. The lowest BCUT2D eigenvalue weighted by molar-refractivity contribution is 0.454. The van der Waals surface area contributed by atoms with E-state index in [1.165, 1.54) is 0 Å². The minimum absolute atomic E-state index is 0.299. The summed E-state index contributed by atoms with van der Waals surface area (Å²) in [4.78, 5) is 4.21. The van der Waals surface area contributed by atoms with E-state index in [4.69, 9.17) is 16.3 Å². The SMILES string of the molecule is CC(C)n1cc(Oc2ncc(Br)cc2CCl)cn1. The van der Waals surface area contributed by atoms with E-state index in [9.17, 15) is 0 Å². The third-order valence-electron chi connectivity index (χ3n) is 2.36. The quantitative estimate of drug-likeness (QED) is 0.791. The van der Waals surface area contributed by atoms with Gasteiger partial charge in [-0.25, -0.2) is 4.98 Å². The van der Waals surface area contributed by atoms with Crippen molar-refractivity contribution in [2.75, 3.05) is 0 Å². The van der Waals surface area contributed by atoms with E-state index in [1.54, 1.807) is 12.4 Å². The van der Waals surface area contributed by atoms with Crippen LogP contribution >= 0.6 is 27.5 Å². The third-order valence-corrected chi connectivity index (χ3v) is 3.08. The molecule has 2 heterocycles. The monoisotopic (exact) mass is 329 g/mol. The molecule has 2 rings (SSSR count). The lowest BCUT2D eigenvalue weighted by Crippen LogP contribution is -1.99. The van der Waals surface area contributed by atoms with Crippen LogP contribution in [0.2, 0.25) is 0 Å². The van der Waals surface area contributed by atoms with Gasteiger partial charge in [-0.15, -0.1) is 11.6 Å². The van der Waals surface area contributed by atoms with Crippen LogP contribution in [0.4, 0.5) is 0 Å². The van der Waals surface area contributed by atoms with Crippen molar-refractivity contribution in [3.8, 4) is 11.6 Å². The maximum Gasteiger partial charge on any atom is 0.223 e. The van der Waals surface area contributed by atoms with Gasteiger partial charge in [-0.1, -0.05) is 0 Å². The second-order valence-electron chi connectivity index (χ2n) is 4.10. The molecule has 6 heteroatoms. The number of halogens is 2. The molecule has 0 N–H and O–H groups in total. The summed E-state index contributed by atoms with van der Waals surface area (Å²) < 4.78 is 8.39. The van der Waals surface area contributed by atoms with E-state index in [0.29, 0.717) is 23.6 Å². The Morgan fingerprint density at radius 2 is 2.22 bits per heavy atom. The van der Waals surface area contributed by atoms with E-state index in [0.717, 1.165) is 10.0 Å². The average molecular weight is 331 g/mol. The van der Waals surface area contributed by atoms with Crippen LogP contribution in [0.15, 0.2) is 29.1 Å². The Labute approximate surface area is 119 Å². The fraction of sp³-hybridized carbons (Fsp3) is 0.333. The van der Waals surface area contributed by atoms with Gasteiger partial charge in [-0.05, 0) is 35.8 Å². The van der Waals surface area contributed by atoms with Crippen molar-refractivity contribution >= 4 is 27.5 Å². The number of aromatic nitrogens is 3. The highest BCUT2D eigenvalue weighted by atomic mass is 79.9. The van der Waals surface area contributed by atoms with Crippen molar-refractivity contribution in [3.63, 3.8) is 0 Å². The molecular formula is C12H13BrClN3O. The first-order valence-electron chi connectivity index (χ1n) is 5.52. The van der Waals surface area contributed by atoms with Gasteiger partial charge in [0.15, 0.2) is 5.75 Å². The summed E-state index contributed by atoms with van der Waals surface area (Å²) in [5.74, 6) is 1.52. The Balaban J connectivity index is 2.22. The molecule has 0 aliphatic rings. The van der Waals surface area contributed by atoms with E-state index in [-0.39, 0.29) is 0 Å². The highest BCUT2D eigenvalue weighted by Crippen LogP contribution is 2.26. The van der Waals surface area contributed by atoms with Crippen LogP contribution in [0.1, 0.15) is 25.5 Å². The fourth-order valence-corrected chi connectivity index (χ4v) is 1.99. The first-order valence-corrected chi connectivity index (χ1v) is 6.85. The van der Waals surface area contributed by atoms with Crippen LogP contribution in [-0.2, 0) is 5.88 Å². The molecule has 0 aromatic carbocycles. The number of pyridine rings is 1. The molecule has 0 spiro atoms. The number of alkyl halides is 1. The summed E-state index contributed by atoms with van der Waals surface area (Å²) in [5, 5.41) is 4.21. The van der Waals surface area contributed by atoms with E-state index >= 15 is 0 Å². The van der Waals surface area contributed by atoms with Gasteiger partial charge in [0.05, 0.1) is 18.3 Å². The van der Waals surface area contributed by atoms with E-state index in [1.807, 2.05) is 16.9 Å². The van der Waals surface area contributed by atoms with Crippen molar-refractivity contribution in [2.45, 2.75) is 25.8 Å². The molecule has 0 atom stereocenters. The molecule has 0 fully saturated rings. The zero-order chi connectivity index (χ0) is 13.1. The zero-order valence-electron chi connectivity index (χ0n) is 10.1. The molecular weight excluding hydrogens is 318 g/mol. The Bertz CT molecular complexity index is 542. The molecule has 0 radical (unpaired) electrons. The standard InChI is InChI=1S/C12H13BrClN3O/c1-8(2)17-7-11(6-16-17)18-12-9(4-14)3-10(13)5-15-12/h3,5-8H,4H2,1-2H3. The molecule has 4 nitrogen and oxygen atoms in total. The van der Waals surface area contributed by atoms with Crippen LogP contribution in [0.3, 0.4) is 0 Å². The van der Waals surface area contributed by atoms with E-state index in [2.05, 4.69) is 39.9 Å². The first-order chi connectivity index (χ1) is 8.60. The Kier molecular flexibility index (Phi) is 4.24. The maximum absolute atomic E-state index is 5.86. The van der Waals surface area contributed by atoms with Gasteiger partial charge in [0.1, 0.15) is 0 Å². The predicted octanol–water partition coefficient (Wildman–Crippen LogP) is 4.15. The summed E-state index contributed by atoms with van der Waals surface area (Å²) >= 11 is 9.22. The molecule has 96 valence electrons. The van der Waals surface area contributed by atoms with Gasteiger partial charge in [0, 0.05) is 22.3 Å². The highest BCUT2D eigenvalue weighted by molar-refractivity contribution is 9.10. The zero-order valence-corrected chi connectivity index (χ0v) is 12.4. The average Bonchev–Trinajstić information content (AvgIpc) is 2.80. The molecule has 0 aliphatic heterocycles. The van der Waals surface area contributed by atoms with Crippen LogP contribution < -0.4 is 4.74 Å². The summed E-state index contributed by atoms with van der Waals surface area (Å²) in [5.41, 5.74) is 0.836. The molecule has 2 aromatic rings. The maximum atomic E-state index is 5.86. The van der Waals surface area contributed by atoms with Crippen molar-refractivity contribution in [3.05, 3.63) is 34.7 Å². The second-order valence-corrected chi connectivity index (χ2v) is 5.29. The Morgan fingerprint density at radius 3 is 2.83 bits per heavy atom.